The van der Waals surface area contributed by atoms with Crippen LogP contribution in [-0.2, 0) is 19.1 Å². The molecule has 0 heterocycles. The Morgan fingerprint density at radius 2 is 1.80 bits per heavy atom. The number of hydrogen-bond acceptors (Lipinski definition) is 6. The molecule has 0 aromatic rings. The average Bonchev–Trinajstić information content (AvgIpc) is 3.30. The van der Waals surface area contributed by atoms with E-state index >= 15 is 0 Å². The highest BCUT2D eigenvalue weighted by atomic mass is 16.6. The summed E-state index contributed by atoms with van der Waals surface area (Å²) in [5.41, 5.74) is -1.31. The topological polar surface area (TPSA) is 93.1 Å². The molecule has 6 nitrogen and oxygen atoms in total. The Balaban J connectivity index is 1.73. The van der Waals surface area contributed by atoms with Gasteiger partial charge in [0, 0.05) is 35.0 Å². The van der Waals surface area contributed by atoms with Gasteiger partial charge in [-0.25, -0.2) is 0 Å². The monoisotopic (exact) mass is 552 g/mol. The van der Waals surface area contributed by atoms with Gasteiger partial charge in [-0.2, -0.15) is 0 Å². The number of allylic oxidation sites excluding steroid dienone is 6. The minimum absolute atomic E-state index is 0.0314. The third-order valence-corrected chi connectivity index (χ3v) is 10.1. The first-order valence-electron chi connectivity index (χ1n) is 15.0. The summed E-state index contributed by atoms with van der Waals surface area (Å²) in [6.07, 6.45) is 17.9. The van der Waals surface area contributed by atoms with Crippen LogP contribution in [0.15, 0.2) is 59.8 Å². The molecule has 220 valence electrons. The molecule has 4 aliphatic rings. The van der Waals surface area contributed by atoms with Crippen LogP contribution in [0, 0.1) is 40.9 Å². The van der Waals surface area contributed by atoms with Crippen LogP contribution in [0.25, 0.3) is 0 Å². The van der Waals surface area contributed by atoms with E-state index in [0.717, 1.165) is 18.4 Å². The lowest BCUT2D eigenvalue weighted by Gasteiger charge is -2.52. The number of fused-ring (bicyclic) bond motifs is 5. The summed E-state index contributed by atoms with van der Waals surface area (Å²) < 4.78 is 13.0. The fourth-order valence-electron chi connectivity index (χ4n) is 7.89. The van der Waals surface area contributed by atoms with Crippen molar-refractivity contribution in [2.75, 3.05) is 13.2 Å². The second-order valence-corrected chi connectivity index (χ2v) is 13.1. The van der Waals surface area contributed by atoms with Gasteiger partial charge in [-0.05, 0) is 30.9 Å². The first-order chi connectivity index (χ1) is 18.9. The van der Waals surface area contributed by atoms with Crippen molar-refractivity contribution in [2.24, 2.45) is 40.9 Å². The molecule has 2 saturated carbocycles. The maximum Gasteiger partial charge on any atom is 0.309 e. The fraction of sp³-hybridized carbons (Fsp3) is 0.647. The number of aliphatic hydroxyl groups is 2. The number of esters is 1. The Kier molecular flexibility index (Phi) is 8.85. The molecule has 8 atom stereocenters. The van der Waals surface area contributed by atoms with Crippen LogP contribution in [0.5, 0.6) is 0 Å². The molecular weight excluding hydrogens is 504 g/mol. The number of ether oxygens (including phenoxy) is 2. The molecule has 4 rings (SSSR count). The summed E-state index contributed by atoms with van der Waals surface area (Å²) in [5, 5.41) is 23.0. The molecule has 2 fully saturated rings. The molecular formula is C34H48O6. The summed E-state index contributed by atoms with van der Waals surface area (Å²) in [6.45, 7) is 13.9. The molecule has 0 aliphatic heterocycles. The minimum atomic E-state index is -1.31. The first-order valence-corrected chi connectivity index (χ1v) is 15.0. The largest absolute Gasteiger partial charge is 0.455 e. The number of rotatable bonds is 10. The van der Waals surface area contributed by atoms with E-state index in [1.54, 1.807) is 0 Å². The standard InChI is InChI=1S/C34H48O6/c1-8-9-10-11-12-13-14-15-16-39-30-23(5)33(38)26-17-22(4)28(36)25(26)18-24(20-35)19-27(33)29-32(6,7)34(29,30)40-31(37)21(2)3/h10-15,17,19,21,23,25-27,29-30,35,38H,8-9,16,18,20H2,1-7H3/b11-10+,13-12+,15-14-/t23-,25+,26-,27+,29-,30-,33+,34-/m1/s1. The van der Waals surface area contributed by atoms with E-state index in [9.17, 15) is 19.8 Å². The molecule has 0 radical (unpaired) electrons. The van der Waals surface area contributed by atoms with E-state index in [-0.39, 0.29) is 30.2 Å². The van der Waals surface area contributed by atoms with E-state index in [1.807, 2.05) is 70.2 Å². The zero-order chi connectivity index (χ0) is 29.5. The van der Waals surface area contributed by atoms with Crippen molar-refractivity contribution in [2.45, 2.75) is 85.0 Å². The molecule has 2 N–H and O–H groups in total. The number of carbonyl (C=O) groups is 2. The number of unbranched alkanes of at least 4 members (excludes halogenated alkanes) is 1. The van der Waals surface area contributed by atoms with Gasteiger partial charge in [0.25, 0.3) is 0 Å². The van der Waals surface area contributed by atoms with Crippen molar-refractivity contribution in [1.82, 2.24) is 0 Å². The summed E-state index contributed by atoms with van der Waals surface area (Å²) in [6, 6.07) is 0. The van der Waals surface area contributed by atoms with Gasteiger partial charge in [0.1, 0.15) is 11.7 Å². The number of carbonyl (C=O) groups excluding carboxylic acids is 2. The number of ketones is 1. The minimum Gasteiger partial charge on any atom is -0.455 e. The molecule has 40 heavy (non-hydrogen) atoms. The van der Waals surface area contributed by atoms with Gasteiger partial charge in [-0.15, -0.1) is 0 Å². The van der Waals surface area contributed by atoms with Crippen LogP contribution >= 0.6 is 0 Å². The third kappa shape index (κ3) is 4.80. The molecule has 4 aliphatic carbocycles. The highest BCUT2D eigenvalue weighted by Crippen LogP contribution is 2.77. The lowest BCUT2D eigenvalue weighted by atomic mass is 9.60. The Hall–Kier alpha value is -2.28. The Morgan fingerprint density at radius 1 is 1.12 bits per heavy atom. The van der Waals surface area contributed by atoms with E-state index in [0.29, 0.717) is 18.6 Å². The molecule has 0 saturated heterocycles. The molecule has 0 unspecified atom stereocenters. The van der Waals surface area contributed by atoms with E-state index in [2.05, 4.69) is 26.8 Å². The second kappa shape index (κ2) is 11.5. The molecule has 0 aromatic carbocycles. The van der Waals surface area contributed by atoms with Gasteiger partial charge < -0.3 is 19.7 Å². The van der Waals surface area contributed by atoms with Gasteiger partial charge in [0.2, 0.25) is 0 Å². The lowest BCUT2D eigenvalue weighted by Crippen LogP contribution is -2.63. The Bertz CT molecular complexity index is 1140. The van der Waals surface area contributed by atoms with E-state index < -0.39 is 46.4 Å². The van der Waals surface area contributed by atoms with Crippen molar-refractivity contribution in [3.8, 4) is 0 Å². The van der Waals surface area contributed by atoms with Crippen LogP contribution in [-0.4, -0.2) is 52.5 Å². The lowest BCUT2D eigenvalue weighted by molar-refractivity contribution is -0.219. The highest BCUT2D eigenvalue weighted by molar-refractivity contribution is 6.00. The van der Waals surface area contributed by atoms with Gasteiger partial charge in [0.15, 0.2) is 5.78 Å². The van der Waals surface area contributed by atoms with Crippen LogP contribution in [0.3, 0.4) is 0 Å². The molecule has 0 amide bonds. The number of hydrogen-bond donors (Lipinski definition) is 2. The van der Waals surface area contributed by atoms with Gasteiger partial charge >= 0.3 is 5.97 Å². The predicted molar refractivity (Wildman–Crippen MR) is 156 cm³/mol. The van der Waals surface area contributed by atoms with Gasteiger partial charge in [-0.3, -0.25) is 9.59 Å². The van der Waals surface area contributed by atoms with Crippen molar-refractivity contribution in [3.05, 3.63) is 59.8 Å². The molecule has 0 aromatic heterocycles. The molecule has 0 spiro atoms. The molecule has 0 bridgehead atoms. The van der Waals surface area contributed by atoms with Gasteiger partial charge in [0.05, 0.1) is 24.7 Å². The zero-order valence-electron chi connectivity index (χ0n) is 25.2. The Morgan fingerprint density at radius 3 is 2.42 bits per heavy atom. The van der Waals surface area contributed by atoms with Crippen LogP contribution in [0.2, 0.25) is 0 Å². The zero-order valence-corrected chi connectivity index (χ0v) is 25.2. The maximum atomic E-state index is 13.2. The number of aliphatic hydroxyl groups excluding tert-OH is 1. The van der Waals surface area contributed by atoms with Crippen LogP contribution in [0.1, 0.15) is 67.7 Å². The maximum absolute atomic E-state index is 13.2. The number of Topliss-reactive ketones (excluding diaryl/α,β-unsaturated/α-hetero) is 1. The first kappa shape index (κ1) is 30.7. The summed E-state index contributed by atoms with van der Waals surface area (Å²) >= 11 is 0. The normalized spacial score (nSPS) is 38.3. The smallest absolute Gasteiger partial charge is 0.309 e. The summed E-state index contributed by atoms with van der Waals surface area (Å²) in [4.78, 5) is 26.3. The van der Waals surface area contributed by atoms with Crippen LogP contribution in [0.4, 0.5) is 0 Å². The van der Waals surface area contributed by atoms with Crippen LogP contribution < -0.4 is 0 Å². The van der Waals surface area contributed by atoms with Gasteiger partial charge in [-0.1, -0.05) is 96.6 Å². The third-order valence-electron chi connectivity index (χ3n) is 10.1. The van der Waals surface area contributed by atoms with Crippen molar-refractivity contribution >= 4 is 11.8 Å². The fourth-order valence-corrected chi connectivity index (χ4v) is 7.89. The SMILES string of the molecule is CCC/C=C/C=C/C=C\CO[C@@H]1[C@@H](C)[C@]2(O)[C@@H]3C=C(C)C(=O)[C@H]3CC(CO)=C[C@H]2[C@@H]2C(C)(C)[C@]12OC(=O)C(C)C. The van der Waals surface area contributed by atoms with Crippen molar-refractivity contribution in [3.63, 3.8) is 0 Å². The predicted octanol–water partition coefficient (Wildman–Crippen LogP) is 5.52. The Labute approximate surface area is 239 Å². The summed E-state index contributed by atoms with van der Waals surface area (Å²) in [5.74, 6) is -2.48. The average molecular weight is 553 g/mol. The van der Waals surface area contributed by atoms with E-state index in [1.165, 1.54) is 0 Å². The quantitative estimate of drug-likeness (QED) is 0.211. The second-order valence-electron chi connectivity index (χ2n) is 13.1. The van der Waals surface area contributed by atoms with E-state index in [4.69, 9.17) is 9.47 Å². The summed E-state index contributed by atoms with van der Waals surface area (Å²) in [7, 11) is 0. The van der Waals surface area contributed by atoms with Crippen molar-refractivity contribution in [1.29, 1.82) is 0 Å². The highest BCUT2D eigenvalue weighted by Gasteiger charge is 2.86. The van der Waals surface area contributed by atoms with Crippen molar-refractivity contribution < 1.29 is 29.3 Å². The molecule has 6 heteroatoms.